The maximum atomic E-state index is 5.97. The van der Waals surface area contributed by atoms with Crippen molar-refractivity contribution < 1.29 is 4.74 Å². The van der Waals surface area contributed by atoms with E-state index < -0.39 is 0 Å². The van der Waals surface area contributed by atoms with Gasteiger partial charge in [0.25, 0.3) is 0 Å². The Kier molecular flexibility index (Phi) is 4.03. The number of hydrogen-bond donors (Lipinski definition) is 0. The highest BCUT2D eigenvalue weighted by molar-refractivity contribution is 8.14. The van der Waals surface area contributed by atoms with Crippen molar-refractivity contribution in [2.75, 3.05) is 12.3 Å². The molecule has 23 heavy (non-hydrogen) atoms. The molecule has 1 aliphatic rings. The fourth-order valence-electron chi connectivity index (χ4n) is 2.78. The Hall–Kier alpha value is -2.26. The number of hydrogen-bond acceptors (Lipinski definition) is 3. The van der Waals surface area contributed by atoms with E-state index in [2.05, 4.69) is 59.6 Å². The molecule has 114 valence electrons. The van der Waals surface area contributed by atoms with Crippen LogP contribution in [0.5, 0.6) is 5.75 Å². The van der Waals surface area contributed by atoms with Crippen LogP contribution in [0.1, 0.15) is 11.1 Å². The number of aliphatic imine (C=N–C) groups is 1. The number of thioether (sulfide) groups is 1. The minimum Gasteiger partial charge on any atom is -0.489 e. The van der Waals surface area contributed by atoms with Gasteiger partial charge in [-0.1, -0.05) is 42.5 Å². The number of rotatable bonds is 4. The first-order valence-corrected chi connectivity index (χ1v) is 8.76. The molecule has 0 spiro atoms. The molecule has 0 amide bonds. The molecule has 3 heteroatoms. The standard InChI is InChI=1S/C20H17NOS/c1-2-7-19-15(4-1)5-3-6-17(19)14-22-18-10-8-16(9-11-18)20-21-12-13-23-20/h1-11H,12-14H2. The van der Waals surface area contributed by atoms with Gasteiger partial charge in [-0.15, -0.1) is 11.8 Å². The topological polar surface area (TPSA) is 21.6 Å². The predicted octanol–water partition coefficient (Wildman–Crippen LogP) is 4.91. The fraction of sp³-hybridized carbons (Fsp3) is 0.150. The summed E-state index contributed by atoms with van der Waals surface area (Å²) in [6.45, 7) is 1.51. The normalized spacial score (nSPS) is 14.0. The molecule has 1 heterocycles. The van der Waals surface area contributed by atoms with Crippen molar-refractivity contribution in [3.8, 4) is 5.75 Å². The van der Waals surface area contributed by atoms with Gasteiger partial charge in [-0.3, -0.25) is 4.99 Å². The Labute approximate surface area is 140 Å². The van der Waals surface area contributed by atoms with Crippen molar-refractivity contribution in [1.29, 1.82) is 0 Å². The van der Waals surface area contributed by atoms with Crippen LogP contribution in [-0.2, 0) is 6.61 Å². The summed E-state index contributed by atoms with van der Waals surface area (Å²) in [6, 6.07) is 23.0. The van der Waals surface area contributed by atoms with Crippen LogP contribution in [0.2, 0.25) is 0 Å². The van der Waals surface area contributed by atoms with E-state index in [9.17, 15) is 0 Å². The van der Waals surface area contributed by atoms with Gasteiger partial charge in [0, 0.05) is 17.9 Å². The highest BCUT2D eigenvalue weighted by Crippen LogP contribution is 2.23. The van der Waals surface area contributed by atoms with Crippen molar-refractivity contribution in [2.45, 2.75) is 6.61 Å². The molecular formula is C20H17NOS. The van der Waals surface area contributed by atoms with Gasteiger partial charge in [-0.25, -0.2) is 0 Å². The van der Waals surface area contributed by atoms with E-state index in [0.717, 1.165) is 23.1 Å². The van der Waals surface area contributed by atoms with Crippen molar-refractivity contribution in [2.24, 2.45) is 4.99 Å². The minimum absolute atomic E-state index is 0.580. The van der Waals surface area contributed by atoms with Crippen LogP contribution in [0.4, 0.5) is 0 Å². The fourth-order valence-corrected chi connectivity index (χ4v) is 3.64. The molecular weight excluding hydrogens is 302 g/mol. The highest BCUT2D eigenvalue weighted by atomic mass is 32.2. The second kappa shape index (κ2) is 6.47. The van der Waals surface area contributed by atoms with Crippen LogP contribution < -0.4 is 4.74 Å². The molecule has 0 saturated carbocycles. The summed E-state index contributed by atoms with van der Waals surface area (Å²) in [6.07, 6.45) is 0. The number of benzene rings is 3. The van der Waals surface area contributed by atoms with Crippen molar-refractivity contribution in [3.63, 3.8) is 0 Å². The summed E-state index contributed by atoms with van der Waals surface area (Å²) in [4.78, 5) is 4.50. The second-order valence-corrected chi connectivity index (χ2v) is 6.57. The largest absolute Gasteiger partial charge is 0.489 e. The Morgan fingerprint density at radius 1 is 0.913 bits per heavy atom. The Morgan fingerprint density at radius 2 is 1.74 bits per heavy atom. The van der Waals surface area contributed by atoms with Gasteiger partial charge in [-0.05, 0) is 40.6 Å². The predicted molar refractivity (Wildman–Crippen MR) is 98.6 cm³/mol. The van der Waals surface area contributed by atoms with E-state index in [0.29, 0.717) is 6.61 Å². The lowest BCUT2D eigenvalue weighted by molar-refractivity contribution is 0.307. The molecule has 2 nitrogen and oxygen atoms in total. The molecule has 4 rings (SSSR count). The van der Waals surface area contributed by atoms with E-state index in [1.165, 1.54) is 21.9 Å². The van der Waals surface area contributed by atoms with Crippen LogP contribution in [-0.4, -0.2) is 17.3 Å². The van der Waals surface area contributed by atoms with Crippen LogP contribution in [0.25, 0.3) is 10.8 Å². The first kappa shape index (κ1) is 14.3. The molecule has 0 saturated heterocycles. The van der Waals surface area contributed by atoms with E-state index in [-0.39, 0.29) is 0 Å². The van der Waals surface area contributed by atoms with Crippen LogP contribution in [0.3, 0.4) is 0 Å². The lowest BCUT2D eigenvalue weighted by Crippen LogP contribution is -1.97. The Balaban J connectivity index is 1.50. The molecule has 1 aliphatic heterocycles. The van der Waals surface area contributed by atoms with E-state index in [1.54, 1.807) is 0 Å². The third-order valence-electron chi connectivity index (χ3n) is 3.96. The van der Waals surface area contributed by atoms with E-state index >= 15 is 0 Å². The smallest absolute Gasteiger partial charge is 0.119 e. The first-order chi connectivity index (χ1) is 11.4. The Bertz CT molecular complexity index is 850. The lowest BCUT2D eigenvalue weighted by atomic mass is 10.1. The average molecular weight is 319 g/mol. The van der Waals surface area contributed by atoms with E-state index in [4.69, 9.17) is 4.74 Å². The zero-order valence-corrected chi connectivity index (χ0v) is 13.6. The third kappa shape index (κ3) is 3.10. The SMILES string of the molecule is c1ccc2c(COc3ccc(C4=NCCS4)cc3)cccc2c1. The Morgan fingerprint density at radius 3 is 2.57 bits per heavy atom. The molecule has 0 N–H and O–H groups in total. The molecule has 0 aromatic heterocycles. The first-order valence-electron chi connectivity index (χ1n) is 7.77. The van der Waals surface area contributed by atoms with E-state index in [1.807, 2.05) is 23.9 Å². The molecule has 3 aromatic carbocycles. The van der Waals surface area contributed by atoms with Gasteiger partial charge < -0.3 is 4.74 Å². The summed E-state index contributed by atoms with van der Waals surface area (Å²) < 4.78 is 5.97. The maximum Gasteiger partial charge on any atom is 0.119 e. The summed E-state index contributed by atoms with van der Waals surface area (Å²) in [5.41, 5.74) is 2.40. The number of fused-ring (bicyclic) bond motifs is 1. The summed E-state index contributed by atoms with van der Waals surface area (Å²) in [5.74, 6) is 1.99. The number of nitrogens with zero attached hydrogens (tertiary/aromatic N) is 1. The van der Waals surface area contributed by atoms with Gasteiger partial charge in [-0.2, -0.15) is 0 Å². The highest BCUT2D eigenvalue weighted by Gasteiger charge is 2.09. The third-order valence-corrected chi connectivity index (χ3v) is 4.99. The zero-order chi connectivity index (χ0) is 15.5. The molecule has 0 radical (unpaired) electrons. The molecule has 0 fully saturated rings. The number of ether oxygens (including phenoxy) is 1. The minimum atomic E-state index is 0.580. The zero-order valence-electron chi connectivity index (χ0n) is 12.7. The summed E-state index contributed by atoms with van der Waals surface area (Å²) in [5, 5.41) is 3.65. The molecule has 0 atom stereocenters. The van der Waals surface area contributed by atoms with Gasteiger partial charge in [0.15, 0.2) is 0 Å². The van der Waals surface area contributed by atoms with Gasteiger partial charge >= 0.3 is 0 Å². The quantitative estimate of drug-likeness (QED) is 0.681. The molecule has 0 unspecified atom stereocenters. The van der Waals surface area contributed by atoms with Crippen LogP contribution >= 0.6 is 11.8 Å². The average Bonchev–Trinajstić information content (AvgIpc) is 3.15. The lowest BCUT2D eigenvalue weighted by Gasteiger charge is -2.09. The van der Waals surface area contributed by atoms with Gasteiger partial charge in [0.1, 0.15) is 12.4 Å². The molecule has 3 aromatic rings. The second-order valence-electron chi connectivity index (χ2n) is 5.49. The van der Waals surface area contributed by atoms with Crippen LogP contribution in [0, 0.1) is 0 Å². The van der Waals surface area contributed by atoms with Crippen molar-refractivity contribution >= 4 is 27.6 Å². The van der Waals surface area contributed by atoms with Gasteiger partial charge in [0.2, 0.25) is 0 Å². The maximum absolute atomic E-state index is 5.97. The van der Waals surface area contributed by atoms with Gasteiger partial charge in [0.05, 0.1) is 5.04 Å². The molecule has 0 aliphatic carbocycles. The summed E-state index contributed by atoms with van der Waals surface area (Å²) in [7, 11) is 0. The molecule has 0 bridgehead atoms. The monoisotopic (exact) mass is 319 g/mol. The van der Waals surface area contributed by atoms with Crippen LogP contribution in [0.15, 0.2) is 71.7 Å². The summed E-state index contributed by atoms with van der Waals surface area (Å²) >= 11 is 1.82. The van der Waals surface area contributed by atoms with Crippen molar-refractivity contribution in [3.05, 3.63) is 77.9 Å². The van der Waals surface area contributed by atoms with Crippen molar-refractivity contribution in [1.82, 2.24) is 0 Å².